The number of anilines is 1. The van der Waals surface area contributed by atoms with Gasteiger partial charge in [0, 0.05) is 20.1 Å². The summed E-state index contributed by atoms with van der Waals surface area (Å²) in [5.74, 6) is 0.721. The number of aromatic nitrogens is 2. The zero-order valence-corrected chi connectivity index (χ0v) is 9.27. The van der Waals surface area contributed by atoms with Crippen LogP contribution in [-0.2, 0) is 0 Å². The molecule has 0 aliphatic carbocycles. The molecule has 14 heavy (non-hydrogen) atoms. The third-order valence-corrected chi connectivity index (χ3v) is 3.06. The van der Waals surface area contributed by atoms with Gasteiger partial charge in [-0.15, -0.1) is 0 Å². The zero-order chi connectivity index (χ0) is 9.97. The summed E-state index contributed by atoms with van der Waals surface area (Å²) in [5, 5.41) is 3.99. The SMILES string of the molecule is CNc1nsc(C2=CCCN(C)C2)n1. The summed E-state index contributed by atoms with van der Waals surface area (Å²) in [4.78, 5) is 6.69. The second kappa shape index (κ2) is 4.06. The molecule has 0 saturated carbocycles. The first-order chi connectivity index (χ1) is 6.79. The summed E-state index contributed by atoms with van der Waals surface area (Å²) in [6.45, 7) is 2.12. The second-order valence-corrected chi connectivity index (χ2v) is 4.18. The average molecular weight is 210 g/mol. The van der Waals surface area contributed by atoms with Gasteiger partial charge in [-0.05, 0) is 30.6 Å². The molecule has 0 radical (unpaired) electrons. The normalized spacial score (nSPS) is 18.0. The molecule has 0 aromatic carbocycles. The molecular weight excluding hydrogens is 196 g/mol. The van der Waals surface area contributed by atoms with Gasteiger partial charge in [0.05, 0.1) is 0 Å². The first-order valence-corrected chi connectivity index (χ1v) is 5.46. The molecule has 1 N–H and O–H groups in total. The summed E-state index contributed by atoms with van der Waals surface area (Å²) >= 11 is 1.46. The summed E-state index contributed by atoms with van der Waals surface area (Å²) in [6.07, 6.45) is 3.38. The van der Waals surface area contributed by atoms with E-state index in [-0.39, 0.29) is 0 Å². The Morgan fingerprint density at radius 3 is 3.07 bits per heavy atom. The lowest BCUT2D eigenvalue weighted by Crippen LogP contribution is -2.24. The van der Waals surface area contributed by atoms with Crippen molar-refractivity contribution in [1.29, 1.82) is 0 Å². The summed E-state index contributed by atoms with van der Waals surface area (Å²) in [5.41, 5.74) is 1.30. The smallest absolute Gasteiger partial charge is 0.234 e. The van der Waals surface area contributed by atoms with Crippen molar-refractivity contribution in [2.75, 3.05) is 32.5 Å². The summed E-state index contributed by atoms with van der Waals surface area (Å²) < 4.78 is 4.20. The third kappa shape index (κ3) is 1.93. The first kappa shape index (κ1) is 9.61. The lowest BCUT2D eigenvalue weighted by atomic mass is 10.1. The first-order valence-electron chi connectivity index (χ1n) is 4.69. The number of nitrogens with zero attached hydrogens (tertiary/aromatic N) is 3. The van der Waals surface area contributed by atoms with Crippen LogP contribution in [-0.4, -0.2) is 41.4 Å². The Kier molecular flexibility index (Phi) is 2.79. The van der Waals surface area contributed by atoms with E-state index in [1.807, 2.05) is 7.05 Å². The Morgan fingerprint density at radius 2 is 2.43 bits per heavy atom. The Labute approximate surface area is 87.8 Å². The van der Waals surface area contributed by atoms with E-state index in [0.29, 0.717) is 0 Å². The minimum absolute atomic E-state index is 0.721. The van der Waals surface area contributed by atoms with Crippen molar-refractivity contribution in [3.8, 4) is 0 Å². The molecule has 0 unspecified atom stereocenters. The van der Waals surface area contributed by atoms with E-state index in [9.17, 15) is 0 Å². The molecule has 0 spiro atoms. The minimum atomic E-state index is 0.721. The molecule has 1 aromatic rings. The van der Waals surface area contributed by atoms with Crippen LogP contribution in [0.3, 0.4) is 0 Å². The maximum atomic E-state index is 4.39. The van der Waals surface area contributed by atoms with Gasteiger partial charge in [0.2, 0.25) is 5.95 Å². The Bertz CT molecular complexity index is 344. The van der Waals surface area contributed by atoms with Gasteiger partial charge in [0.15, 0.2) is 0 Å². The van der Waals surface area contributed by atoms with Crippen LogP contribution < -0.4 is 5.32 Å². The van der Waals surface area contributed by atoms with Gasteiger partial charge >= 0.3 is 0 Å². The predicted molar refractivity (Wildman–Crippen MR) is 59.5 cm³/mol. The predicted octanol–water partition coefficient (Wildman–Crippen LogP) is 1.30. The second-order valence-electron chi connectivity index (χ2n) is 3.43. The van der Waals surface area contributed by atoms with Crippen molar-refractivity contribution >= 4 is 23.1 Å². The average Bonchev–Trinajstić information content (AvgIpc) is 2.66. The van der Waals surface area contributed by atoms with Crippen molar-refractivity contribution in [1.82, 2.24) is 14.3 Å². The van der Waals surface area contributed by atoms with Gasteiger partial charge in [0.25, 0.3) is 0 Å². The van der Waals surface area contributed by atoms with Crippen molar-refractivity contribution < 1.29 is 0 Å². The maximum absolute atomic E-state index is 4.39. The fourth-order valence-electron chi connectivity index (χ4n) is 1.50. The standard InChI is InChI=1S/C9H14N4S/c1-10-9-11-8(14-12-9)7-4-3-5-13(2)6-7/h4H,3,5-6H2,1-2H3,(H,10,12). The van der Waals surface area contributed by atoms with E-state index in [0.717, 1.165) is 30.5 Å². The van der Waals surface area contributed by atoms with Crippen LogP contribution in [0, 0.1) is 0 Å². The number of rotatable bonds is 2. The van der Waals surface area contributed by atoms with Crippen molar-refractivity contribution in [2.45, 2.75) is 6.42 Å². The van der Waals surface area contributed by atoms with Crippen LogP contribution >= 0.6 is 11.5 Å². The molecule has 76 valence electrons. The molecule has 1 aromatic heterocycles. The van der Waals surface area contributed by atoms with E-state index in [2.05, 4.69) is 32.7 Å². The highest BCUT2D eigenvalue weighted by Gasteiger charge is 2.13. The molecule has 0 bridgehead atoms. The monoisotopic (exact) mass is 210 g/mol. The minimum Gasteiger partial charge on any atom is -0.357 e. The molecule has 0 saturated heterocycles. The van der Waals surface area contributed by atoms with Crippen molar-refractivity contribution in [3.63, 3.8) is 0 Å². The molecule has 5 heteroatoms. The maximum Gasteiger partial charge on any atom is 0.234 e. The van der Waals surface area contributed by atoms with Gasteiger partial charge in [-0.25, -0.2) is 4.98 Å². The summed E-state index contributed by atoms with van der Waals surface area (Å²) in [6, 6.07) is 0. The lowest BCUT2D eigenvalue weighted by Gasteiger charge is -2.21. The van der Waals surface area contributed by atoms with Crippen molar-refractivity contribution in [3.05, 3.63) is 11.1 Å². The fourth-order valence-corrected chi connectivity index (χ4v) is 2.20. The highest BCUT2D eigenvalue weighted by molar-refractivity contribution is 7.06. The Hall–Kier alpha value is -0.940. The largest absolute Gasteiger partial charge is 0.357 e. The molecular formula is C9H14N4S. The molecule has 2 heterocycles. The molecule has 0 atom stereocenters. The van der Waals surface area contributed by atoms with Gasteiger partial charge < -0.3 is 10.2 Å². The fraction of sp³-hybridized carbons (Fsp3) is 0.556. The van der Waals surface area contributed by atoms with Gasteiger partial charge in [-0.2, -0.15) is 4.37 Å². The molecule has 2 rings (SSSR count). The lowest BCUT2D eigenvalue weighted by molar-refractivity contribution is 0.373. The van der Waals surface area contributed by atoms with Crippen LogP contribution in [0.5, 0.6) is 0 Å². The Balaban J connectivity index is 2.18. The van der Waals surface area contributed by atoms with Crippen LogP contribution in [0.4, 0.5) is 5.95 Å². The van der Waals surface area contributed by atoms with Gasteiger partial charge in [0.1, 0.15) is 5.01 Å². The summed E-state index contributed by atoms with van der Waals surface area (Å²) in [7, 11) is 3.97. The number of hydrogen-bond acceptors (Lipinski definition) is 5. The van der Waals surface area contributed by atoms with Crippen LogP contribution in [0.2, 0.25) is 0 Å². The molecule has 1 aliphatic rings. The number of nitrogens with one attached hydrogen (secondary N) is 1. The van der Waals surface area contributed by atoms with Gasteiger partial charge in [-0.3, -0.25) is 0 Å². The molecule has 4 nitrogen and oxygen atoms in total. The topological polar surface area (TPSA) is 41.1 Å². The third-order valence-electron chi connectivity index (χ3n) is 2.27. The van der Waals surface area contributed by atoms with E-state index in [1.54, 1.807) is 0 Å². The highest BCUT2D eigenvalue weighted by atomic mass is 32.1. The van der Waals surface area contributed by atoms with Crippen molar-refractivity contribution in [2.24, 2.45) is 0 Å². The van der Waals surface area contributed by atoms with E-state index < -0.39 is 0 Å². The van der Waals surface area contributed by atoms with Gasteiger partial charge in [-0.1, -0.05) is 6.08 Å². The zero-order valence-electron chi connectivity index (χ0n) is 8.45. The highest BCUT2D eigenvalue weighted by Crippen LogP contribution is 2.22. The number of hydrogen-bond donors (Lipinski definition) is 1. The quantitative estimate of drug-likeness (QED) is 0.799. The Morgan fingerprint density at radius 1 is 1.57 bits per heavy atom. The number of likely N-dealkylation sites (N-methyl/N-ethyl adjacent to an activating group) is 1. The molecule has 0 fully saturated rings. The van der Waals surface area contributed by atoms with E-state index in [4.69, 9.17) is 0 Å². The van der Waals surface area contributed by atoms with Crippen LogP contribution in [0.1, 0.15) is 11.4 Å². The van der Waals surface area contributed by atoms with E-state index >= 15 is 0 Å². The molecule has 1 aliphatic heterocycles. The van der Waals surface area contributed by atoms with Crippen LogP contribution in [0.15, 0.2) is 6.08 Å². The molecule has 0 amide bonds. The van der Waals surface area contributed by atoms with Crippen LogP contribution in [0.25, 0.3) is 5.57 Å². The van der Waals surface area contributed by atoms with E-state index in [1.165, 1.54) is 17.1 Å².